The maximum atomic E-state index is 12.8. The third-order valence-electron chi connectivity index (χ3n) is 7.17. The summed E-state index contributed by atoms with van der Waals surface area (Å²) in [5.74, 6) is 2.06. The molecule has 0 unspecified atom stereocenters. The number of hydrogen-bond donors (Lipinski definition) is 0. The molecule has 35 heavy (non-hydrogen) atoms. The van der Waals surface area contributed by atoms with Gasteiger partial charge in [-0.25, -0.2) is 0 Å². The number of carbonyl (C=O) groups excluding carboxylic acids is 1. The van der Waals surface area contributed by atoms with Crippen molar-refractivity contribution < 1.29 is 18.7 Å². The molecule has 5 rings (SSSR count). The van der Waals surface area contributed by atoms with Crippen LogP contribution in [0.15, 0.2) is 71.3 Å². The maximum Gasteiger partial charge on any atom is 0.211 e. The second-order valence-electron chi connectivity index (χ2n) is 9.52. The van der Waals surface area contributed by atoms with E-state index in [1.807, 2.05) is 12.1 Å². The Hall–Kier alpha value is -3.25. The molecule has 0 amide bonds. The molecule has 2 aliphatic rings. The maximum absolute atomic E-state index is 12.8. The molecule has 1 aliphatic carbocycles. The van der Waals surface area contributed by atoms with Crippen molar-refractivity contribution in [2.24, 2.45) is 0 Å². The summed E-state index contributed by atoms with van der Waals surface area (Å²) in [5, 5.41) is 0. The van der Waals surface area contributed by atoms with E-state index in [4.69, 9.17) is 13.9 Å². The molecule has 2 heterocycles. The van der Waals surface area contributed by atoms with Gasteiger partial charge in [-0.3, -0.25) is 9.69 Å². The average Bonchev–Trinajstić information content (AvgIpc) is 3.61. The van der Waals surface area contributed by atoms with Crippen molar-refractivity contribution in [3.05, 3.63) is 78.3 Å². The van der Waals surface area contributed by atoms with Gasteiger partial charge in [-0.1, -0.05) is 30.3 Å². The van der Waals surface area contributed by atoms with Crippen LogP contribution in [0.1, 0.15) is 41.8 Å². The molecule has 184 valence electrons. The molecule has 1 saturated carbocycles. The van der Waals surface area contributed by atoms with Crippen molar-refractivity contribution in [3.8, 4) is 11.5 Å². The smallest absolute Gasteiger partial charge is 0.211 e. The van der Waals surface area contributed by atoms with E-state index < -0.39 is 0 Å². The first-order valence-corrected chi connectivity index (χ1v) is 12.6. The first kappa shape index (κ1) is 23.5. The van der Waals surface area contributed by atoms with E-state index in [0.717, 1.165) is 56.1 Å². The second kappa shape index (κ2) is 11.0. The van der Waals surface area contributed by atoms with Gasteiger partial charge in [0, 0.05) is 37.4 Å². The molecule has 0 bridgehead atoms. The summed E-state index contributed by atoms with van der Waals surface area (Å²) < 4.78 is 17.3. The number of piperazine rings is 1. The van der Waals surface area contributed by atoms with Gasteiger partial charge in [-0.05, 0) is 61.9 Å². The lowest BCUT2D eigenvalue weighted by Gasteiger charge is -2.42. The lowest BCUT2D eigenvalue weighted by molar-refractivity contribution is 0.0848. The number of benzene rings is 2. The lowest BCUT2D eigenvalue weighted by atomic mass is 10.0. The molecule has 0 radical (unpaired) electrons. The van der Waals surface area contributed by atoms with Gasteiger partial charge in [0.1, 0.15) is 0 Å². The van der Waals surface area contributed by atoms with Crippen molar-refractivity contribution >= 4 is 11.5 Å². The van der Waals surface area contributed by atoms with Crippen LogP contribution in [0.3, 0.4) is 0 Å². The van der Waals surface area contributed by atoms with Crippen LogP contribution in [0.4, 0.5) is 5.69 Å². The summed E-state index contributed by atoms with van der Waals surface area (Å²) in [7, 11) is 1.70. The molecule has 1 saturated heterocycles. The van der Waals surface area contributed by atoms with Crippen LogP contribution in [0.25, 0.3) is 0 Å². The van der Waals surface area contributed by atoms with Crippen molar-refractivity contribution in [2.75, 3.05) is 38.2 Å². The Morgan fingerprint density at radius 1 is 1.00 bits per heavy atom. The minimum atomic E-state index is 0.0261. The van der Waals surface area contributed by atoms with Gasteiger partial charge < -0.3 is 18.8 Å². The van der Waals surface area contributed by atoms with Crippen LogP contribution < -0.4 is 14.4 Å². The minimum Gasteiger partial charge on any atom is -0.493 e. The van der Waals surface area contributed by atoms with Gasteiger partial charge in [-0.15, -0.1) is 0 Å². The standard InChI is InChI=1S/C29H34N2O4/c1-33-28-14-13-23(19-29(28)35-25-10-5-6-11-25)30-15-16-31(21-26(32)27-12-7-17-34-27)24(20-30)18-22-8-3-2-4-9-22/h2-4,7-9,12-14,17,19,24-25H,5-6,10-11,15-16,18,20-21H2,1H3/t24-/m0/s1. The first-order valence-electron chi connectivity index (χ1n) is 12.6. The highest BCUT2D eigenvalue weighted by Crippen LogP contribution is 2.35. The van der Waals surface area contributed by atoms with E-state index in [2.05, 4.69) is 46.2 Å². The molecule has 2 aromatic carbocycles. The first-order chi connectivity index (χ1) is 17.2. The fraction of sp³-hybridized carbons (Fsp3) is 0.414. The normalized spacial score (nSPS) is 19.1. The molecular weight excluding hydrogens is 440 g/mol. The molecular formula is C29H34N2O4. The van der Waals surface area contributed by atoms with Gasteiger partial charge in [0.25, 0.3) is 0 Å². The highest BCUT2D eigenvalue weighted by atomic mass is 16.5. The summed E-state index contributed by atoms with van der Waals surface area (Å²) >= 11 is 0. The number of Topliss-reactive ketones (excluding diaryl/α,β-unsaturated/α-hetero) is 1. The highest BCUT2D eigenvalue weighted by Gasteiger charge is 2.30. The molecule has 0 N–H and O–H groups in total. The Morgan fingerprint density at radius 3 is 2.57 bits per heavy atom. The Morgan fingerprint density at radius 2 is 1.83 bits per heavy atom. The Bertz CT molecular complexity index is 1090. The summed E-state index contributed by atoms with van der Waals surface area (Å²) in [5.41, 5.74) is 2.41. The number of ketones is 1. The second-order valence-corrected chi connectivity index (χ2v) is 9.52. The van der Waals surface area contributed by atoms with Crippen molar-refractivity contribution in [1.29, 1.82) is 0 Å². The third kappa shape index (κ3) is 5.70. The van der Waals surface area contributed by atoms with Gasteiger partial charge in [0.2, 0.25) is 5.78 Å². The number of methoxy groups -OCH3 is 1. The van der Waals surface area contributed by atoms with Crippen LogP contribution in [0.2, 0.25) is 0 Å². The fourth-order valence-corrected chi connectivity index (χ4v) is 5.25. The van der Waals surface area contributed by atoms with E-state index in [1.165, 1.54) is 18.4 Å². The van der Waals surface area contributed by atoms with Gasteiger partial charge in [0.05, 0.1) is 26.0 Å². The zero-order chi connectivity index (χ0) is 24.0. The zero-order valence-electron chi connectivity index (χ0n) is 20.4. The Labute approximate surface area is 207 Å². The molecule has 1 aromatic heterocycles. The number of nitrogens with zero attached hydrogens (tertiary/aromatic N) is 2. The lowest BCUT2D eigenvalue weighted by Crippen LogP contribution is -2.55. The number of anilines is 1. The summed E-state index contributed by atoms with van der Waals surface area (Å²) in [6, 6.07) is 20.5. The van der Waals surface area contributed by atoms with E-state index in [9.17, 15) is 4.79 Å². The van der Waals surface area contributed by atoms with E-state index in [0.29, 0.717) is 12.3 Å². The molecule has 1 aliphatic heterocycles. The number of furan rings is 1. The summed E-state index contributed by atoms with van der Waals surface area (Å²) in [6.07, 6.45) is 7.38. The molecule has 6 nitrogen and oxygen atoms in total. The average molecular weight is 475 g/mol. The summed E-state index contributed by atoms with van der Waals surface area (Å²) in [6.45, 7) is 2.83. The van der Waals surface area contributed by atoms with Crippen LogP contribution in [-0.2, 0) is 6.42 Å². The topological polar surface area (TPSA) is 55.2 Å². The predicted octanol–water partition coefficient (Wildman–Crippen LogP) is 5.23. The van der Waals surface area contributed by atoms with Crippen LogP contribution in [-0.4, -0.2) is 56.1 Å². The fourth-order valence-electron chi connectivity index (χ4n) is 5.25. The van der Waals surface area contributed by atoms with E-state index in [-0.39, 0.29) is 17.9 Å². The van der Waals surface area contributed by atoms with Crippen molar-refractivity contribution in [1.82, 2.24) is 4.90 Å². The van der Waals surface area contributed by atoms with E-state index in [1.54, 1.807) is 25.5 Å². The van der Waals surface area contributed by atoms with Crippen LogP contribution in [0.5, 0.6) is 11.5 Å². The number of rotatable bonds is 9. The van der Waals surface area contributed by atoms with E-state index >= 15 is 0 Å². The Kier molecular flexibility index (Phi) is 7.38. The monoisotopic (exact) mass is 474 g/mol. The number of ether oxygens (including phenoxy) is 2. The Balaban J connectivity index is 1.34. The van der Waals surface area contributed by atoms with Crippen molar-refractivity contribution in [3.63, 3.8) is 0 Å². The van der Waals surface area contributed by atoms with Gasteiger partial charge in [0.15, 0.2) is 17.3 Å². The quantitative estimate of drug-likeness (QED) is 0.396. The molecule has 6 heteroatoms. The van der Waals surface area contributed by atoms with Crippen LogP contribution >= 0.6 is 0 Å². The largest absolute Gasteiger partial charge is 0.493 e. The highest BCUT2D eigenvalue weighted by molar-refractivity contribution is 5.95. The third-order valence-corrected chi connectivity index (χ3v) is 7.17. The molecule has 1 atom stereocenters. The number of hydrogen-bond acceptors (Lipinski definition) is 6. The molecule has 2 fully saturated rings. The van der Waals surface area contributed by atoms with Gasteiger partial charge >= 0.3 is 0 Å². The molecule has 3 aromatic rings. The van der Waals surface area contributed by atoms with Crippen LogP contribution in [0, 0.1) is 0 Å². The molecule has 0 spiro atoms. The minimum absolute atomic E-state index is 0.0261. The van der Waals surface area contributed by atoms with Gasteiger partial charge in [-0.2, -0.15) is 0 Å². The predicted molar refractivity (Wildman–Crippen MR) is 137 cm³/mol. The van der Waals surface area contributed by atoms with Crippen molar-refractivity contribution in [2.45, 2.75) is 44.2 Å². The SMILES string of the molecule is COc1ccc(N2CCN(CC(=O)c3ccco3)[C@@H](Cc3ccccc3)C2)cc1OC1CCCC1. The number of carbonyl (C=O) groups is 1. The zero-order valence-corrected chi connectivity index (χ0v) is 20.4. The summed E-state index contributed by atoms with van der Waals surface area (Å²) in [4.78, 5) is 17.5.